The smallest absolute Gasteiger partial charge is 0.0244 e. The molecular formula is C18H37N3. The standard InChI is InChI=1S/C18H37N3/c1-6-20-9-7-16(8-10-20)12-21-13-17(14(2)3)19-11-18(21)15(4)5/h14-19H,6-13H2,1-5H3. The molecule has 0 aromatic carbocycles. The van der Waals surface area contributed by atoms with E-state index in [2.05, 4.69) is 49.7 Å². The van der Waals surface area contributed by atoms with Crippen LogP contribution in [0.2, 0.25) is 0 Å². The molecule has 0 saturated carbocycles. The summed E-state index contributed by atoms with van der Waals surface area (Å²) in [4.78, 5) is 5.42. The lowest BCUT2D eigenvalue weighted by molar-refractivity contribution is 0.0553. The van der Waals surface area contributed by atoms with Gasteiger partial charge in [0.1, 0.15) is 0 Å². The number of rotatable bonds is 5. The van der Waals surface area contributed by atoms with E-state index in [1.807, 2.05) is 0 Å². The van der Waals surface area contributed by atoms with Crippen molar-refractivity contribution in [1.82, 2.24) is 15.1 Å². The summed E-state index contributed by atoms with van der Waals surface area (Å²) in [5, 5.41) is 3.78. The van der Waals surface area contributed by atoms with Crippen molar-refractivity contribution in [2.75, 3.05) is 39.3 Å². The van der Waals surface area contributed by atoms with E-state index in [1.165, 1.54) is 52.1 Å². The van der Waals surface area contributed by atoms with Crippen LogP contribution < -0.4 is 5.32 Å². The van der Waals surface area contributed by atoms with Crippen LogP contribution in [0.4, 0.5) is 0 Å². The van der Waals surface area contributed by atoms with Crippen molar-refractivity contribution >= 4 is 0 Å². The summed E-state index contributed by atoms with van der Waals surface area (Å²) in [5.41, 5.74) is 0. The highest BCUT2D eigenvalue weighted by atomic mass is 15.2. The number of likely N-dealkylation sites (tertiary alicyclic amines) is 1. The summed E-state index contributed by atoms with van der Waals surface area (Å²) in [6.07, 6.45) is 2.80. The minimum atomic E-state index is 0.677. The largest absolute Gasteiger partial charge is 0.311 e. The first kappa shape index (κ1) is 17.2. The van der Waals surface area contributed by atoms with E-state index in [0.717, 1.165) is 23.8 Å². The number of piperazine rings is 1. The van der Waals surface area contributed by atoms with E-state index in [9.17, 15) is 0 Å². The topological polar surface area (TPSA) is 18.5 Å². The molecule has 0 aliphatic carbocycles. The van der Waals surface area contributed by atoms with Gasteiger partial charge in [-0.05, 0) is 50.2 Å². The lowest BCUT2D eigenvalue weighted by Crippen LogP contribution is -2.60. The van der Waals surface area contributed by atoms with Gasteiger partial charge in [-0.2, -0.15) is 0 Å². The summed E-state index contributed by atoms with van der Waals surface area (Å²) in [6, 6.07) is 1.40. The third-order valence-electron chi connectivity index (χ3n) is 5.71. The molecule has 0 radical (unpaired) electrons. The van der Waals surface area contributed by atoms with Gasteiger partial charge in [0.25, 0.3) is 0 Å². The summed E-state index contributed by atoms with van der Waals surface area (Å²) >= 11 is 0. The highest BCUT2D eigenvalue weighted by molar-refractivity contribution is 4.90. The highest BCUT2D eigenvalue weighted by Crippen LogP contribution is 2.24. The Balaban J connectivity index is 1.90. The van der Waals surface area contributed by atoms with Gasteiger partial charge < -0.3 is 10.2 Å². The number of nitrogens with one attached hydrogen (secondary N) is 1. The van der Waals surface area contributed by atoms with E-state index >= 15 is 0 Å². The Morgan fingerprint density at radius 3 is 2.24 bits per heavy atom. The lowest BCUT2D eigenvalue weighted by Gasteiger charge is -2.46. The Labute approximate surface area is 132 Å². The fourth-order valence-corrected chi connectivity index (χ4v) is 3.98. The Morgan fingerprint density at radius 2 is 1.71 bits per heavy atom. The average Bonchev–Trinajstić information content (AvgIpc) is 2.47. The summed E-state index contributed by atoms with van der Waals surface area (Å²) in [7, 11) is 0. The molecule has 0 spiro atoms. The molecule has 2 atom stereocenters. The van der Waals surface area contributed by atoms with E-state index in [-0.39, 0.29) is 0 Å². The zero-order valence-electron chi connectivity index (χ0n) is 14.9. The minimum absolute atomic E-state index is 0.677. The first-order valence-corrected chi connectivity index (χ1v) is 9.21. The second-order valence-electron chi connectivity index (χ2n) is 7.90. The van der Waals surface area contributed by atoms with Crippen molar-refractivity contribution in [1.29, 1.82) is 0 Å². The first-order valence-electron chi connectivity index (χ1n) is 9.21. The summed E-state index contributed by atoms with van der Waals surface area (Å²) < 4.78 is 0. The highest BCUT2D eigenvalue weighted by Gasteiger charge is 2.32. The maximum atomic E-state index is 3.78. The number of piperidine rings is 1. The van der Waals surface area contributed by atoms with E-state index in [4.69, 9.17) is 0 Å². The molecule has 2 saturated heterocycles. The van der Waals surface area contributed by atoms with Crippen LogP contribution in [0.5, 0.6) is 0 Å². The van der Waals surface area contributed by atoms with Gasteiger partial charge in [-0.25, -0.2) is 0 Å². The van der Waals surface area contributed by atoms with Crippen LogP contribution in [-0.2, 0) is 0 Å². The normalized spacial score (nSPS) is 30.4. The molecular weight excluding hydrogens is 258 g/mol. The van der Waals surface area contributed by atoms with Gasteiger partial charge in [0.05, 0.1) is 0 Å². The van der Waals surface area contributed by atoms with E-state index in [0.29, 0.717) is 6.04 Å². The SMILES string of the molecule is CCN1CCC(CN2CC(C(C)C)NCC2C(C)C)CC1. The minimum Gasteiger partial charge on any atom is -0.311 e. The van der Waals surface area contributed by atoms with Gasteiger partial charge in [-0.15, -0.1) is 0 Å². The van der Waals surface area contributed by atoms with Crippen molar-refractivity contribution in [3.8, 4) is 0 Å². The van der Waals surface area contributed by atoms with E-state index < -0.39 is 0 Å². The van der Waals surface area contributed by atoms with E-state index in [1.54, 1.807) is 0 Å². The van der Waals surface area contributed by atoms with Crippen molar-refractivity contribution in [2.45, 2.75) is 59.5 Å². The van der Waals surface area contributed by atoms with Crippen LogP contribution in [-0.4, -0.2) is 61.2 Å². The molecule has 0 aromatic rings. The van der Waals surface area contributed by atoms with Crippen molar-refractivity contribution < 1.29 is 0 Å². The lowest BCUT2D eigenvalue weighted by atomic mass is 9.90. The predicted octanol–water partition coefficient (Wildman–Crippen LogP) is 2.67. The molecule has 21 heavy (non-hydrogen) atoms. The van der Waals surface area contributed by atoms with Gasteiger partial charge in [0.2, 0.25) is 0 Å². The molecule has 0 bridgehead atoms. The summed E-state index contributed by atoms with van der Waals surface area (Å²) in [5.74, 6) is 2.41. The fourth-order valence-electron chi connectivity index (χ4n) is 3.98. The van der Waals surface area contributed by atoms with Gasteiger partial charge in [0, 0.05) is 31.7 Å². The van der Waals surface area contributed by atoms with Crippen LogP contribution >= 0.6 is 0 Å². The molecule has 0 aromatic heterocycles. The quantitative estimate of drug-likeness (QED) is 0.841. The Hall–Kier alpha value is -0.120. The second-order valence-corrected chi connectivity index (χ2v) is 7.90. The van der Waals surface area contributed by atoms with Crippen molar-refractivity contribution in [2.24, 2.45) is 17.8 Å². The molecule has 2 aliphatic rings. The zero-order valence-corrected chi connectivity index (χ0v) is 14.9. The Morgan fingerprint density at radius 1 is 1.05 bits per heavy atom. The number of hydrogen-bond donors (Lipinski definition) is 1. The average molecular weight is 296 g/mol. The van der Waals surface area contributed by atoms with Gasteiger partial charge >= 0.3 is 0 Å². The monoisotopic (exact) mass is 295 g/mol. The Kier molecular flexibility index (Phi) is 6.51. The second kappa shape index (κ2) is 7.94. The predicted molar refractivity (Wildman–Crippen MR) is 91.7 cm³/mol. The van der Waals surface area contributed by atoms with Gasteiger partial charge in [-0.3, -0.25) is 4.90 Å². The van der Waals surface area contributed by atoms with Crippen molar-refractivity contribution in [3.05, 3.63) is 0 Å². The molecule has 2 fully saturated rings. The molecule has 1 N–H and O–H groups in total. The molecule has 2 unspecified atom stereocenters. The fraction of sp³-hybridized carbons (Fsp3) is 1.00. The number of nitrogens with zero attached hydrogens (tertiary/aromatic N) is 2. The van der Waals surface area contributed by atoms with Crippen LogP contribution in [0.3, 0.4) is 0 Å². The maximum absolute atomic E-state index is 3.78. The summed E-state index contributed by atoms with van der Waals surface area (Å²) in [6.45, 7) is 19.4. The Bertz CT molecular complexity index is 295. The molecule has 2 aliphatic heterocycles. The maximum Gasteiger partial charge on any atom is 0.0244 e. The molecule has 0 amide bonds. The third-order valence-corrected chi connectivity index (χ3v) is 5.71. The molecule has 2 heterocycles. The van der Waals surface area contributed by atoms with Gasteiger partial charge in [-0.1, -0.05) is 34.6 Å². The molecule has 3 nitrogen and oxygen atoms in total. The number of hydrogen-bond acceptors (Lipinski definition) is 3. The molecule has 2 rings (SSSR count). The van der Waals surface area contributed by atoms with Crippen molar-refractivity contribution in [3.63, 3.8) is 0 Å². The third kappa shape index (κ3) is 4.67. The first-order chi connectivity index (χ1) is 10.0. The molecule has 124 valence electrons. The zero-order chi connectivity index (χ0) is 15.4. The van der Waals surface area contributed by atoms with Crippen LogP contribution in [0.15, 0.2) is 0 Å². The van der Waals surface area contributed by atoms with Crippen LogP contribution in [0.25, 0.3) is 0 Å². The van der Waals surface area contributed by atoms with Crippen LogP contribution in [0, 0.1) is 17.8 Å². The molecule has 3 heteroatoms. The van der Waals surface area contributed by atoms with Gasteiger partial charge in [0.15, 0.2) is 0 Å². The van der Waals surface area contributed by atoms with Crippen LogP contribution in [0.1, 0.15) is 47.5 Å².